The van der Waals surface area contributed by atoms with Gasteiger partial charge in [0.05, 0.1) is 0 Å². The molecular formula is C18H37B. The van der Waals surface area contributed by atoms with Gasteiger partial charge in [-0.1, -0.05) is 116 Å². The molecule has 19 heavy (non-hydrogen) atoms. The van der Waals surface area contributed by atoms with Gasteiger partial charge in [-0.2, -0.15) is 0 Å². The zero-order valence-corrected chi connectivity index (χ0v) is 14.4. The molecule has 0 radical (unpaired) electrons. The lowest BCUT2D eigenvalue weighted by Crippen LogP contribution is -2.35. The van der Waals surface area contributed by atoms with E-state index >= 15 is 0 Å². The molecule has 1 rings (SSSR count). The summed E-state index contributed by atoms with van der Waals surface area (Å²) in [6.07, 6.45) is 10.4. The van der Waals surface area contributed by atoms with Crippen LogP contribution < -0.4 is 0 Å². The molecule has 112 valence electrons. The van der Waals surface area contributed by atoms with Crippen LogP contribution in [0, 0.1) is 11.8 Å². The standard InChI is InChI=1S/C18H37B/c1-14(2)16(5)19(17(6)15(3)4)18-12-10-8-7-9-11-13-18/h14-18H,7-13H2,1-6H3. The maximum Gasteiger partial charge on any atom is 0.149 e. The van der Waals surface area contributed by atoms with Crippen molar-refractivity contribution in [2.24, 2.45) is 11.8 Å². The van der Waals surface area contributed by atoms with E-state index in [4.69, 9.17) is 0 Å². The minimum atomic E-state index is 0.830. The van der Waals surface area contributed by atoms with Crippen molar-refractivity contribution in [3.8, 4) is 0 Å². The van der Waals surface area contributed by atoms with Crippen LogP contribution in [0.5, 0.6) is 0 Å². The second-order valence-corrected chi connectivity index (χ2v) is 7.89. The van der Waals surface area contributed by atoms with E-state index in [1.807, 2.05) is 0 Å². The first-order chi connectivity index (χ1) is 8.95. The third kappa shape index (κ3) is 5.16. The van der Waals surface area contributed by atoms with E-state index < -0.39 is 0 Å². The Bertz CT molecular complexity index is 212. The quantitative estimate of drug-likeness (QED) is 0.485. The summed E-state index contributed by atoms with van der Waals surface area (Å²) < 4.78 is 0. The Morgan fingerprint density at radius 3 is 1.37 bits per heavy atom. The lowest BCUT2D eigenvalue weighted by Gasteiger charge is -2.38. The van der Waals surface area contributed by atoms with E-state index in [0.29, 0.717) is 0 Å². The van der Waals surface area contributed by atoms with Gasteiger partial charge in [-0.05, 0) is 0 Å². The molecular weight excluding hydrogens is 227 g/mol. The first kappa shape index (κ1) is 17.1. The number of rotatable bonds is 5. The Hall–Kier alpha value is 0.0649. The second-order valence-electron chi connectivity index (χ2n) is 7.89. The van der Waals surface area contributed by atoms with Crippen LogP contribution in [0.4, 0.5) is 0 Å². The molecule has 0 bridgehead atoms. The lowest BCUT2D eigenvalue weighted by molar-refractivity contribution is 0.473. The van der Waals surface area contributed by atoms with Crippen molar-refractivity contribution in [1.82, 2.24) is 0 Å². The van der Waals surface area contributed by atoms with Crippen molar-refractivity contribution in [2.75, 3.05) is 0 Å². The van der Waals surface area contributed by atoms with Gasteiger partial charge in [-0.25, -0.2) is 0 Å². The molecule has 2 unspecified atom stereocenters. The van der Waals surface area contributed by atoms with Crippen LogP contribution in [0.3, 0.4) is 0 Å². The molecule has 1 aliphatic carbocycles. The van der Waals surface area contributed by atoms with Crippen LogP contribution in [0.2, 0.25) is 17.5 Å². The Morgan fingerprint density at radius 2 is 1.00 bits per heavy atom. The molecule has 0 aromatic carbocycles. The van der Waals surface area contributed by atoms with Gasteiger partial charge in [0, 0.05) is 0 Å². The monoisotopic (exact) mass is 264 g/mol. The summed E-state index contributed by atoms with van der Waals surface area (Å²) in [5, 5.41) is 0. The lowest BCUT2D eigenvalue weighted by atomic mass is 9.25. The summed E-state index contributed by atoms with van der Waals surface area (Å²) in [6.45, 7) is 15.7. The largest absolute Gasteiger partial charge is 0.149 e. The Kier molecular flexibility index (Phi) is 7.54. The summed E-state index contributed by atoms with van der Waals surface area (Å²) in [6, 6.07) is 0. The molecule has 0 spiro atoms. The molecule has 0 heterocycles. The first-order valence-electron chi connectivity index (χ1n) is 8.95. The third-order valence-corrected chi connectivity index (χ3v) is 6.01. The van der Waals surface area contributed by atoms with Crippen LogP contribution in [-0.4, -0.2) is 6.71 Å². The van der Waals surface area contributed by atoms with Crippen LogP contribution in [0.1, 0.15) is 86.5 Å². The molecule has 0 N–H and O–H groups in total. The fourth-order valence-corrected chi connectivity index (χ4v) is 4.10. The molecule has 1 aliphatic rings. The summed E-state index contributed by atoms with van der Waals surface area (Å²) >= 11 is 0. The van der Waals surface area contributed by atoms with Gasteiger partial charge in [0.1, 0.15) is 6.71 Å². The smallest absolute Gasteiger partial charge is 0.0688 e. The zero-order valence-electron chi connectivity index (χ0n) is 14.4. The highest BCUT2D eigenvalue weighted by Crippen LogP contribution is 2.43. The highest BCUT2D eigenvalue weighted by Gasteiger charge is 2.37. The van der Waals surface area contributed by atoms with Gasteiger partial charge >= 0.3 is 0 Å². The minimum absolute atomic E-state index is 0.830. The fourth-order valence-electron chi connectivity index (χ4n) is 4.10. The van der Waals surface area contributed by atoms with E-state index in [9.17, 15) is 0 Å². The topological polar surface area (TPSA) is 0 Å². The van der Waals surface area contributed by atoms with Crippen molar-refractivity contribution < 1.29 is 0 Å². The molecule has 0 aromatic rings. The summed E-state index contributed by atoms with van der Waals surface area (Å²) in [7, 11) is 0. The Labute approximate surface area is 123 Å². The number of hydrogen-bond donors (Lipinski definition) is 0. The van der Waals surface area contributed by atoms with E-state index in [-0.39, 0.29) is 0 Å². The van der Waals surface area contributed by atoms with Gasteiger partial charge in [-0.15, -0.1) is 0 Å². The molecule has 2 atom stereocenters. The van der Waals surface area contributed by atoms with Crippen molar-refractivity contribution in [3.05, 3.63) is 0 Å². The van der Waals surface area contributed by atoms with Crippen molar-refractivity contribution in [1.29, 1.82) is 0 Å². The van der Waals surface area contributed by atoms with Gasteiger partial charge in [0.15, 0.2) is 0 Å². The first-order valence-corrected chi connectivity index (χ1v) is 8.95. The molecule has 0 nitrogen and oxygen atoms in total. The van der Waals surface area contributed by atoms with Gasteiger partial charge in [0.2, 0.25) is 0 Å². The van der Waals surface area contributed by atoms with Gasteiger partial charge in [0.25, 0.3) is 0 Å². The summed E-state index contributed by atoms with van der Waals surface area (Å²) in [5.74, 6) is 4.41. The number of hydrogen-bond acceptors (Lipinski definition) is 0. The molecule has 0 amide bonds. The molecule has 1 heteroatoms. The van der Waals surface area contributed by atoms with Crippen LogP contribution in [0.25, 0.3) is 0 Å². The Morgan fingerprint density at radius 1 is 0.632 bits per heavy atom. The Balaban J connectivity index is 2.80. The van der Waals surface area contributed by atoms with Gasteiger partial charge in [-0.3, -0.25) is 0 Å². The van der Waals surface area contributed by atoms with Crippen LogP contribution in [0.15, 0.2) is 0 Å². The summed E-state index contributed by atoms with van der Waals surface area (Å²) in [4.78, 5) is 0. The normalized spacial score (nSPS) is 22.1. The average molecular weight is 264 g/mol. The van der Waals surface area contributed by atoms with E-state index in [1.165, 1.54) is 44.9 Å². The zero-order chi connectivity index (χ0) is 14.4. The predicted octanol–water partition coefficient (Wildman–Crippen LogP) is 6.69. The highest BCUT2D eigenvalue weighted by atomic mass is 14.2. The van der Waals surface area contributed by atoms with Crippen molar-refractivity contribution in [2.45, 2.75) is 104 Å². The van der Waals surface area contributed by atoms with Crippen LogP contribution >= 0.6 is 0 Å². The predicted molar refractivity (Wildman–Crippen MR) is 90.3 cm³/mol. The maximum atomic E-state index is 2.52. The second kappa shape index (κ2) is 8.37. The summed E-state index contributed by atoms with van der Waals surface area (Å²) in [5.41, 5.74) is 0. The van der Waals surface area contributed by atoms with E-state index in [2.05, 4.69) is 41.5 Å². The molecule has 1 saturated carbocycles. The SMILES string of the molecule is CC(C)C(C)B(C1CCCCCCC1)C(C)C(C)C. The third-order valence-electron chi connectivity index (χ3n) is 6.01. The van der Waals surface area contributed by atoms with E-state index in [0.717, 1.165) is 36.0 Å². The maximum absolute atomic E-state index is 2.52. The molecule has 1 fully saturated rings. The fraction of sp³-hybridized carbons (Fsp3) is 1.00. The molecule has 0 aromatic heterocycles. The van der Waals surface area contributed by atoms with Crippen LogP contribution in [-0.2, 0) is 0 Å². The average Bonchev–Trinajstić information content (AvgIpc) is 2.30. The van der Waals surface area contributed by atoms with Gasteiger partial charge < -0.3 is 0 Å². The van der Waals surface area contributed by atoms with Crippen molar-refractivity contribution >= 4 is 6.71 Å². The molecule has 0 aliphatic heterocycles. The molecule has 0 saturated heterocycles. The minimum Gasteiger partial charge on any atom is -0.0688 e. The highest BCUT2D eigenvalue weighted by molar-refractivity contribution is 6.63. The van der Waals surface area contributed by atoms with E-state index in [1.54, 1.807) is 0 Å². The van der Waals surface area contributed by atoms with Crippen molar-refractivity contribution in [3.63, 3.8) is 0 Å².